The van der Waals surface area contributed by atoms with Gasteiger partial charge in [-0.05, 0) is 30.5 Å². The van der Waals surface area contributed by atoms with E-state index in [9.17, 15) is 9.59 Å². The smallest absolute Gasteiger partial charge is 0.222 e. The minimum atomic E-state index is -0.335. The number of hydrogen-bond acceptors (Lipinski definition) is 3. The molecule has 0 saturated heterocycles. The Balaban J connectivity index is 2.79. The van der Waals surface area contributed by atoms with Gasteiger partial charge in [0.15, 0.2) is 0 Å². The Morgan fingerprint density at radius 2 is 1.68 bits per heavy atom. The van der Waals surface area contributed by atoms with Crippen molar-refractivity contribution >= 4 is 11.8 Å². The Labute approximate surface area is 132 Å². The van der Waals surface area contributed by atoms with Crippen molar-refractivity contribution in [3.8, 4) is 5.75 Å². The third kappa shape index (κ3) is 5.76. The fraction of sp³-hybridized carbons (Fsp3) is 0.529. The average Bonchev–Trinajstić information content (AvgIpc) is 2.51. The van der Waals surface area contributed by atoms with Gasteiger partial charge in [-0.1, -0.05) is 26.0 Å². The van der Waals surface area contributed by atoms with Gasteiger partial charge in [0.25, 0.3) is 0 Å². The summed E-state index contributed by atoms with van der Waals surface area (Å²) >= 11 is 0. The highest BCUT2D eigenvalue weighted by molar-refractivity contribution is 5.79. The number of carbonyl (C=O) groups excluding carboxylic acids is 2. The molecule has 0 radical (unpaired) electrons. The molecule has 22 heavy (non-hydrogen) atoms. The van der Waals surface area contributed by atoms with Crippen LogP contribution in [0.2, 0.25) is 0 Å². The zero-order valence-electron chi connectivity index (χ0n) is 13.8. The van der Waals surface area contributed by atoms with Crippen LogP contribution in [-0.2, 0) is 9.59 Å². The van der Waals surface area contributed by atoms with Crippen LogP contribution in [0.25, 0.3) is 0 Å². The quantitative estimate of drug-likeness (QED) is 0.775. The summed E-state index contributed by atoms with van der Waals surface area (Å²) < 4.78 is 5.13. The molecule has 5 nitrogen and oxygen atoms in total. The number of amides is 2. The minimum Gasteiger partial charge on any atom is -0.497 e. The lowest BCUT2D eigenvalue weighted by atomic mass is 10.0. The molecule has 122 valence electrons. The molecule has 0 bridgehead atoms. The van der Waals surface area contributed by atoms with Crippen molar-refractivity contribution in [2.45, 2.75) is 52.1 Å². The zero-order valence-corrected chi connectivity index (χ0v) is 13.8. The predicted octanol–water partition coefficient (Wildman–Crippen LogP) is 2.57. The first-order chi connectivity index (χ1) is 10.5. The van der Waals surface area contributed by atoms with Crippen molar-refractivity contribution in [3.05, 3.63) is 29.8 Å². The van der Waals surface area contributed by atoms with Crippen LogP contribution in [0.15, 0.2) is 24.3 Å². The van der Waals surface area contributed by atoms with Gasteiger partial charge in [-0.2, -0.15) is 0 Å². The topological polar surface area (TPSA) is 67.4 Å². The number of rotatable bonds is 8. The second-order valence-electron chi connectivity index (χ2n) is 5.31. The van der Waals surface area contributed by atoms with E-state index in [1.54, 1.807) is 7.11 Å². The molecule has 0 fully saturated rings. The molecule has 0 heterocycles. The third-order valence-corrected chi connectivity index (χ3v) is 3.64. The molecular weight excluding hydrogens is 280 g/mol. The fourth-order valence-electron chi connectivity index (χ4n) is 2.30. The highest BCUT2D eigenvalue weighted by atomic mass is 16.5. The van der Waals surface area contributed by atoms with Gasteiger partial charge in [0, 0.05) is 13.0 Å². The van der Waals surface area contributed by atoms with Gasteiger partial charge in [0.1, 0.15) is 5.75 Å². The third-order valence-electron chi connectivity index (χ3n) is 3.64. The second-order valence-corrected chi connectivity index (χ2v) is 5.31. The van der Waals surface area contributed by atoms with Crippen molar-refractivity contribution in [3.63, 3.8) is 0 Å². The summed E-state index contributed by atoms with van der Waals surface area (Å²) in [5, 5.41) is 5.83. The first kappa shape index (κ1) is 18.0. The number of nitrogens with one attached hydrogen (secondary N) is 2. The molecule has 1 unspecified atom stereocenters. The molecule has 1 rings (SSSR count). The Morgan fingerprint density at radius 1 is 1.09 bits per heavy atom. The fourth-order valence-corrected chi connectivity index (χ4v) is 2.30. The molecule has 0 aromatic heterocycles. The largest absolute Gasteiger partial charge is 0.497 e. The standard InChI is InChI=1S/C17H26N2O3/c1-5-14(6-2)19-17(21)11-16(18-12(3)20)13-7-9-15(22-4)10-8-13/h7-10,14,16H,5-6,11H2,1-4H3,(H,18,20)(H,19,21). The lowest BCUT2D eigenvalue weighted by molar-refractivity contribution is -0.123. The highest BCUT2D eigenvalue weighted by Crippen LogP contribution is 2.20. The summed E-state index contributed by atoms with van der Waals surface area (Å²) in [5.74, 6) is 0.534. The van der Waals surface area contributed by atoms with E-state index >= 15 is 0 Å². The molecule has 2 N–H and O–H groups in total. The molecule has 0 aliphatic rings. The Bertz CT molecular complexity index is 481. The van der Waals surface area contributed by atoms with E-state index in [1.165, 1.54) is 6.92 Å². The van der Waals surface area contributed by atoms with Gasteiger partial charge in [-0.3, -0.25) is 9.59 Å². The molecule has 2 amide bonds. The summed E-state index contributed by atoms with van der Waals surface area (Å²) in [6.07, 6.45) is 2.02. The van der Waals surface area contributed by atoms with E-state index in [4.69, 9.17) is 4.74 Å². The second kappa shape index (κ2) is 9.07. The number of methoxy groups -OCH3 is 1. The molecule has 1 atom stereocenters. The molecule has 1 aromatic carbocycles. The Hall–Kier alpha value is -2.04. The Kier molecular flexibility index (Phi) is 7.43. The Morgan fingerprint density at radius 3 is 2.14 bits per heavy atom. The lowest BCUT2D eigenvalue weighted by Crippen LogP contribution is -2.37. The average molecular weight is 306 g/mol. The van der Waals surface area contributed by atoms with Crippen molar-refractivity contribution in [2.24, 2.45) is 0 Å². The lowest BCUT2D eigenvalue weighted by Gasteiger charge is -2.20. The number of ether oxygens (including phenoxy) is 1. The molecule has 0 spiro atoms. The first-order valence-corrected chi connectivity index (χ1v) is 7.70. The van der Waals surface area contributed by atoms with Gasteiger partial charge in [0.05, 0.1) is 19.6 Å². The molecule has 0 saturated carbocycles. The molecule has 5 heteroatoms. The number of hydrogen-bond donors (Lipinski definition) is 2. The van der Waals surface area contributed by atoms with E-state index < -0.39 is 0 Å². The van der Waals surface area contributed by atoms with Crippen LogP contribution in [0, 0.1) is 0 Å². The summed E-state index contributed by atoms with van der Waals surface area (Å²) in [6, 6.07) is 7.22. The molecule has 0 aliphatic heterocycles. The van der Waals surface area contributed by atoms with Gasteiger partial charge >= 0.3 is 0 Å². The van der Waals surface area contributed by atoms with Gasteiger partial charge in [-0.15, -0.1) is 0 Å². The van der Waals surface area contributed by atoms with Crippen LogP contribution >= 0.6 is 0 Å². The van der Waals surface area contributed by atoms with E-state index in [-0.39, 0.29) is 30.3 Å². The summed E-state index contributed by atoms with van der Waals surface area (Å²) in [7, 11) is 1.60. The molecule has 1 aromatic rings. The van der Waals surface area contributed by atoms with Crippen LogP contribution in [0.5, 0.6) is 5.75 Å². The number of benzene rings is 1. The van der Waals surface area contributed by atoms with E-state index in [2.05, 4.69) is 10.6 Å². The van der Waals surface area contributed by atoms with Gasteiger partial charge in [0.2, 0.25) is 11.8 Å². The van der Waals surface area contributed by atoms with E-state index in [1.807, 2.05) is 38.1 Å². The van der Waals surface area contributed by atoms with Crippen molar-refractivity contribution in [1.29, 1.82) is 0 Å². The normalized spacial score (nSPS) is 11.9. The maximum Gasteiger partial charge on any atom is 0.222 e. The maximum atomic E-state index is 12.2. The summed E-state index contributed by atoms with van der Waals surface area (Å²) in [5.41, 5.74) is 0.885. The summed E-state index contributed by atoms with van der Waals surface area (Å²) in [6.45, 7) is 5.54. The number of carbonyl (C=O) groups is 2. The van der Waals surface area contributed by atoms with Gasteiger partial charge < -0.3 is 15.4 Å². The summed E-state index contributed by atoms with van der Waals surface area (Å²) in [4.78, 5) is 23.6. The van der Waals surface area contributed by atoms with Crippen molar-refractivity contribution in [1.82, 2.24) is 10.6 Å². The maximum absolute atomic E-state index is 12.2. The van der Waals surface area contributed by atoms with Crippen LogP contribution in [0.4, 0.5) is 0 Å². The van der Waals surface area contributed by atoms with E-state index in [0.717, 1.165) is 24.2 Å². The highest BCUT2D eigenvalue weighted by Gasteiger charge is 2.18. The zero-order chi connectivity index (χ0) is 16.5. The first-order valence-electron chi connectivity index (χ1n) is 7.70. The predicted molar refractivity (Wildman–Crippen MR) is 86.7 cm³/mol. The van der Waals surface area contributed by atoms with Crippen molar-refractivity contribution in [2.75, 3.05) is 7.11 Å². The minimum absolute atomic E-state index is 0.0525. The van der Waals surface area contributed by atoms with Gasteiger partial charge in [-0.25, -0.2) is 0 Å². The molecule has 0 aliphatic carbocycles. The van der Waals surface area contributed by atoms with Crippen LogP contribution in [0.3, 0.4) is 0 Å². The van der Waals surface area contributed by atoms with Crippen LogP contribution in [-0.4, -0.2) is 25.0 Å². The monoisotopic (exact) mass is 306 g/mol. The van der Waals surface area contributed by atoms with Crippen LogP contribution < -0.4 is 15.4 Å². The van der Waals surface area contributed by atoms with E-state index in [0.29, 0.717) is 0 Å². The van der Waals surface area contributed by atoms with Crippen molar-refractivity contribution < 1.29 is 14.3 Å². The SMILES string of the molecule is CCC(CC)NC(=O)CC(NC(C)=O)c1ccc(OC)cc1. The molecular formula is C17H26N2O3. The van der Waals surface area contributed by atoms with Crippen LogP contribution in [0.1, 0.15) is 51.6 Å².